The van der Waals surface area contributed by atoms with Crippen molar-refractivity contribution in [3.63, 3.8) is 0 Å². The smallest absolute Gasteiger partial charge is 0.411 e. The van der Waals surface area contributed by atoms with Crippen LogP contribution in [0.25, 0.3) is 11.4 Å². The lowest BCUT2D eigenvalue weighted by atomic mass is 10.1. The monoisotopic (exact) mass is 422 g/mol. The van der Waals surface area contributed by atoms with Gasteiger partial charge in [0, 0.05) is 31.5 Å². The van der Waals surface area contributed by atoms with Gasteiger partial charge in [-0.1, -0.05) is 12.1 Å². The highest BCUT2D eigenvalue weighted by molar-refractivity contribution is 5.84. The van der Waals surface area contributed by atoms with E-state index in [1.165, 1.54) is 24.1 Å². The van der Waals surface area contributed by atoms with Crippen molar-refractivity contribution < 1.29 is 14.3 Å². The molecule has 160 valence electrons. The number of benzene rings is 1. The van der Waals surface area contributed by atoms with E-state index in [0.29, 0.717) is 42.7 Å². The predicted molar refractivity (Wildman–Crippen MR) is 114 cm³/mol. The lowest BCUT2D eigenvalue weighted by Gasteiger charge is -2.34. The first kappa shape index (κ1) is 20.5. The van der Waals surface area contributed by atoms with Crippen LogP contribution in [0.3, 0.4) is 0 Å². The summed E-state index contributed by atoms with van der Waals surface area (Å²) in [7, 11) is 3.02. The molecule has 1 aromatic carbocycles. The topological polar surface area (TPSA) is 111 Å². The minimum Gasteiger partial charge on any atom is -0.453 e. The highest BCUT2D eigenvalue weighted by atomic mass is 16.5. The summed E-state index contributed by atoms with van der Waals surface area (Å²) in [4.78, 5) is 38.7. The molecule has 0 bridgehead atoms. The minimum atomic E-state index is -0.525. The summed E-state index contributed by atoms with van der Waals surface area (Å²) in [6, 6.07) is 10.6. The summed E-state index contributed by atoms with van der Waals surface area (Å²) in [5.41, 5.74) is 2.51. The number of aromatic nitrogens is 4. The Morgan fingerprint density at radius 1 is 1.23 bits per heavy atom. The molecular weight excluding hydrogens is 400 g/mol. The number of morpholine rings is 1. The third-order valence-corrected chi connectivity index (χ3v) is 5.02. The molecule has 4 rings (SSSR count). The van der Waals surface area contributed by atoms with Gasteiger partial charge in [0.1, 0.15) is 12.4 Å². The summed E-state index contributed by atoms with van der Waals surface area (Å²) in [6.07, 6.45) is 2.31. The summed E-state index contributed by atoms with van der Waals surface area (Å²) in [5, 5.41) is 2.62. The maximum Gasteiger partial charge on any atom is 0.411 e. The van der Waals surface area contributed by atoms with Gasteiger partial charge in [0.05, 0.1) is 31.6 Å². The SMILES string of the molecule is COC(=O)Nc1ccc([C@H]2CN(c3nc(-c4ccncn4)cc(=O)n3C)CCO2)cc1. The van der Waals surface area contributed by atoms with Gasteiger partial charge in [0.25, 0.3) is 5.56 Å². The second-order valence-corrected chi connectivity index (χ2v) is 6.98. The number of nitrogens with one attached hydrogen (secondary N) is 1. The van der Waals surface area contributed by atoms with E-state index in [-0.39, 0.29) is 11.7 Å². The van der Waals surface area contributed by atoms with Crippen LogP contribution in [0.1, 0.15) is 11.7 Å². The maximum atomic E-state index is 12.6. The maximum absolute atomic E-state index is 12.6. The fourth-order valence-electron chi connectivity index (χ4n) is 3.37. The number of nitrogens with zero attached hydrogens (tertiary/aromatic N) is 5. The first-order chi connectivity index (χ1) is 15.0. The first-order valence-electron chi connectivity index (χ1n) is 9.71. The number of amides is 1. The van der Waals surface area contributed by atoms with Crippen LogP contribution in [0.2, 0.25) is 0 Å². The molecule has 0 aliphatic carbocycles. The molecule has 1 fully saturated rings. The van der Waals surface area contributed by atoms with Crippen LogP contribution in [0.5, 0.6) is 0 Å². The number of rotatable bonds is 4. The number of anilines is 2. The number of hydrogen-bond acceptors (Lipinski definition) is 8. The Morgan fingerprint density at radius 2 is 2.03 bits per heavy atom. The van der Waals surface area contributed by atoms with E-state index < -0.39 is 6.09 Å². The lowest BCUT2D eigenvalue weighted by Crippen LogP contribution is -2.41. The quantitative estimate of drug-likeness (QED) is 0.680. The van der Waals surface area contributed by atoms with Crippen molar-refractivity contribution in [2.45, 2.75) is 6.10 Å². The molecule has 2 aromatic heterocycles. The second-order valence-electron chi connectivity index (χ2n) is 6.98. The van der Waals surface area contributed by atoms with Gasteiger partial charge in [-0.15, -0.1) is 0 Å². The average molecular weight is 422 g/mol. The molecular formula is C21H22N6O4. The van der Waals surface area contributed by atoms with Crippen molar-refractivity contribution in [1.29, 1.82) is 0 Å². The number of carbonyl (C=O) groups is 1. The van der Waals surface area contributed by atoms with Crippen LogP contribution in [0.15, 0.2) is 53.7 Å². The molecule has 1 atom stereocenters. The Kier molecular flexibility index (Phi) is 5.89. The molecule has 1 saturated heterocycles. The van der Waals surface area contributed by atoms with E-state index in [0.717, 1.165) is 5.56 Å². The van der Waals surface area contributed by atoms with Gasteiger partial charge in [-0.2, -0.15) is 0 Å². The van der Waals surface area contributed by atoms with E-state index in [4.69, 9.17) is 9.72 Å². The summed E-state index contributed by atoms with van der Waals surface area (Å²) >= 11 is 0. The molecule has 10 heteroatoms. The molecule has 10 nitrogen and oxygen atoms in total. The minimum absolute atomic E-state index is 0.167. The van der Waals surface area contributed by atoms with Gasteiger partial charge in [0.15, 0.2) is 0 Å². The van der Waals surface area contributed by atoms with E-state index in [1.807, 2.05) is 17.0 Å². The zero-order valence-electron chi connectivity index (χ0n) is 17.2. The van der Waals surface area contributed by atoms with Crippen LogP contribution in [0.4, 0.5) is 16.4 Å². The van der Waals surface area contributed by atoms with Crippen LogP contribution in [0, 0.1) is 0 Å². The Balaban J connectivity index is 1.57. The van der Waals surface area contributed by atoms with Gasteiger partial charge in [-0.05, 0) is 23.8 Å². The Bertz CT molecular complexity index is 1120. The molecule has 1 N–H and O–H groups in total. The highest BCUT2D eigenvalue weighted by Gasteiger charge is 2.25. The van der Waals surface area contributed by atoms with E-state index in [1.54, 1.807) is 31.4 Å². The zero-order chi connectivity index (χ0) is 21.8. The van der Waals surface area contributed by atoms with Crippen molar-refractivity contribution in [1.82, 2.24) is 19.5 Å². The van der Waals surface area contributed by atoms with E-state index in [2.05, 4.69) is 20.0 Å². The third kappa shape index (κ3) is 4.53. The van der Waals surface area contributed by atoms with Crippen molar-refractivity contribution >= 4 is 17.7 Å². The van der Waals surface area contributed by atoms with Gasteiger partial charge in [-0.3, -0.25) is 14.7 Å². The second kappa shape index (κ2) is 8.92. The fraction of sp³-hybridized carbons (Fsp3) is 0.286. The number of hydrogen-bond donors (Lipinski definition) is 1. The van der Waals surface area contributed by atoms with Gasteiger partial charge < -0.3 is 14.4 Å². The third-order valence-electron chi connectivity index (χ3n) is 5.02. The summed E-state index contributed by atoms with van der Waals surface area (Å²) in [6.45, 7) is 1.61. The Labute approximate surface area is 178 Å². The van der Waals surface area contributed by atoms with E-state index >= 15 is 0 Å². The standard InChI is InChI=1S/C21H22N6O4/c1-26-19(28)11-17(16-7-8-22-13-23-16)25-20(26)27-9-10-31-18(12-27)14-3-5-15(6-4-14)24-21(29)30-2/h3-8,11,13,18H,9-10,12H2,1-2H3,(H,24,29)/t18-/m1/s1. The summed E-state index contributed by atoms with van der Waals surface area (Å²) in [5.74, 6) is 0.554. The number of ether oxygens (including phenoxy) is 2. The molecule has 1 aliphatic rings. The van der Waals surface area contributed by atoms with Gasteiger partial charge in [-0.25, -0.2) is 19.7 Å². The first-order valence-corrected chi connectivity index (χ1v) is 9.71. The van der Waals surface area contributed by atoms with Crippen molar-refractivity contribution in [2.24, 2.45) is 7.05 Å². The molecule has 3 aromatic rings. The number of methoxy groups -OCH3 is 1. The van der Waals surface area contributed by atoms with Gasteiger partial charge in [0.2, 0.25) is 5.95 Å². The number of carbonyl (C=O) groups excluding carboxylic acids is 1. The zero-order valence-corrected chi connectivity index (χ0v) is 17.2. The summed E-state index contributed by atoms with van der Waals surface area (Å²) < 4.78 is 12.1. The fourth-order valence-corrected chi connectivity index (χ4v) is 3.37. The predicted octanol–water partition coefficient (Wildman–Crippen LogP) is 1.99. The van der Waals surface area contributed by atoms with Gasteiger partial charge >= 0.3 is 6.09 Å². The van der Waals surface area contributed by atoms with Crippen LogP contribution < -0.4 is 15.8 Å². The van der Waals surface area contributed by atoms with Crippen molar-refractivity contribution in [2.75, 3.05) is 37.0 Å². The van der Waals surface area contributed by atoms with Crippen LogP contribution in [-0.4, -0.2) is 52.4 Å². The molecule has 0 unspecified atom stereocenters. The molecule has 31 heavy (non-hydrogen) atoms. The normalized spacial score (nSPS) is 16.1. The molecule has 0 spiro atoms. The highest BCUT2D eigenvalue weighted by Crippen LogP contribution is 2.26. The molecule has 3 heterocycles. The Morgan fingerprint density at radius 3 is 2.74 bits per heavy atom. The van der Waals surface area contributed by atoms with Crippen molar-refractivity contribution in [3.8, 4) is 11.4 Å². The molecule has 1 amide bonds. The van der Waals surface area contributed by atoms with Crippen LogP contribution >= 0.6 is 0 Å². The molecule has 0 saturated carbocycles. The Hall–Kier alpha value is -3.79. The lowest BCUT2D eigenvalue weighted by molar-refractivity contribution is 0.0390. The largest absolute Gasteiger partial charge is 0.453 e. The van der Waals surface area contributed by atoms with E-state index in [9.17, 15) is 9.59 Å². The van der Waals surface area contributed by atoms with Crippen molar-refractivity contribution in [3.05, 3.63) is 64.8 Å². The molecule has 0 radical (unpaired) electrons. The van der Waals surface area contributed by atoms with Crippen LogP contribution in [-0.2, 0) is 16.5 Å². The molecule has 1 aliphatic heterocycles. The average Bonchev–Trinajstić information content (AvgIpc) is 2.82.